The molecule has 1 fully saturated rings. The van der Waals surface area contributed by atoms with Gasteiger partial charge in [0.15, 0.2) is 0 Å². The Kier molecular flexibility index (Phi) is 3.11. The van der Waals surface area contributed by atoms with Gasteiger partial charge in [0.1, 0.15) is 6.67 Å². The molecule has 0 radical (unpaired) electrons. The SMILES string of the molecule is FCCn1nccc1-c1ccc(C2CNC2)cc1. The van der Waals surface area contributed by atoms with Crippen molar-refractivity contribution in [1.29, 1.82) is 0 Å². The molecule has 1 aliphatic heterocycles. The number of hydrogen-bond acceptors (Lipinski definition) is 2. The zero-order chi connectivity index (χ0) is 12.4. The molecule has 94 valence electrons. The first-order valence-electron chi connectivity index (χ1n) is 6.27. The fourth-order valence-electron chi connectivity index (χ4n) is 2.29. The van der Waals surface area contributed by atoms with E-state index in [0.717, 1.165) is 24.3 Å². The van der Waals surface area contributed by atoms with Crippen molar-refractivity contribution in [1.82, 2.24) is 15.1 Å². The van der Waals surface area contributed by atoms with Crippen molar-refractivity contribution >= 4 is 0 Å². The Morgan fingerprint density at radius 3 is 2.61 bits per heavy atom. The van der Waals surface area contributed by atoms with E-state index in [1.165, 1.54) is 5.56 Å². The zero-order valence-electron chi connectivity index (χ0n) is 10.1. The Morgan fingerprint density at radius 2 is 2.00 bits per heavy atom. The van der Waals surface area contributed by atoms with Crippen LogP contribution in [0.2, 0.25) is 0 Å². The number of halogens is 1. The molecule has 18 heavy (non-hydrogen) atoms. The third-order valence-corrected chi connectivity index (χ3v) is 3.47. The molecule has 3 nitrogen and oxygen atoms in total. The molecule has 0 aliphatic carbocycles. The third-order valence-electron chi connectivity index (χ3n) is 3.47. The summed E-state index contributed by atoms with van der Waals surface area (Å²) in [7, 11) is 0. The van der Waals surface area contributed by atoms with Crippen molar-refractivity contribution in [3.63, 3.8) is 0 Å². The first kappa shape index (κ1) is 11.4. The molecule has 1 aromatic carbocycles. The van der Waals surface area contributed by atoms with Crippen molar-refractivity contribution in [3.8, 4) is 11.3 Å². The minimum absolute atomic E-state index is 0.316. The average molecular weight is 245 g/mol. The van der Waals surface area contributed by atoms with E-state index in [0.29, 0.717) is 12.5 Å². The second kappa shape index (κ2) is 4.90. The van der Waals surface area contributed by atoms with Gasteiger partial charge in [0.05, 0.1) is 12.2 Å². The number of nitrogens with zero attached hydrogens (tertiary/aromatic N) is 2. The largest absolute Gasteiger partial charge is 0.315 e. The highest BCUT2D eigenvalue weighted by Crippen LogP contribution is 2.24. The van der Waals surface area contributed by atoms with E-state index in [1.54, 1.807) is 10.9 Å². The second-order valence-electron chi connectivity index (χ2n) is 4.61. The van der Waals surface area contributed by atoms with Crippen LogP contribution < -0.4 is 5.32 Å². The van der Waals surface area contributed by atoms with Gasteiger partial charge in [-0.25, -0.2) is 4.39 Å². The van der Waals surface area contributed by atoms with Crippen molar-refractivity contribution in [2.45, 2.75) is 12.5 Å². The van der Waals surface area contributed by atoms with Gasteiger partial charge in [-0.15, -0.1) is 0 Å². The Balaban J connectivity index is 1.84. The Bertz CT molecular complexity index is 514. The van der Waals surface area contributed by atoms with Crippen LogP contribution in [0, 0.1) is 0 Å². The fourth-order valence-corrected chi connectivity index (χ4v) is 2.29. The molecular weight excluding hydrogens is 229 g/mol. The van der Waals surface area contributed by atoms with Gasteiger partial charge in [-0.2, -0.15) is 5.10 Å². The van der Waals surface area contributed by atoms with Gasteiger partial charge in [0.25, 0.3) is 0 Å². The molecule has 0 atom stereocenters. The van der Waals surface area contributed by atoms with Crippen LogP contribution in [-0.2, 0) is 6.54 Å². The lowest BCUT2D eigenvalue weighted by atomic mass is 9.93. The normalized spacial score (nSPS) is 15.6. The van der Waals surface area contributed by atoms with E-state index >= 15 is 0 Å². The summed E-state index contributed by atoms with van der Waals surface area (Å²) in [5.74, 6) is 0.648. The molecule has 0 bridgehead atoms. The van der Waals surface area contributed by atoms with E-state index in [1.807, 2.05) is 6.07 Å². The van der Waals surface area contributed by atoms with E-state index < -0.39 is 0 Å². The maximum atomic E-state index is 12.4. The van der Waals surface area contributed by atoms with Crippen LogP contribution in [0.15, 0.2) is 36.5 Å². The van der Waals surface area contributed by atoms with Crippen LogP contribution >= 0.6 is 0 Å². The van der Waals surface area contributed by atoms with E-state index in [2.05, 4.69) is 34.7 Å². The summed E-state index contributed by atoms with van der Waals surface area (Å²) in [6.45, 7) is 2.06. The number of alkyl halides is 1. The molecule has 2 heterocycles. The number of aromatic nitrogens is 2. The van der Waals surface area contributed by atoms with Crippen LogP contribution in [-0.4, -0.2) is 29.5 Å². The van der Waals surface area contributed by atoms with Crippen LogP contribution in [0.5, 0.6) is 0 Å². The maximum Gasteiger partial charge on any atom is 0.109 e. The van der Waals surface area contributed by atoms with E-state index in [-0.39, 0.29) is 6.67 Å². The van der Waals surface area contributed by atoms with Gasteiger partial charge in [0, 0.05) is 25.2 Å². The Labute approximate surface area is 106 Å². The summed E-state index contributed by atoms with van der Waals surface area (Å²) in [4.78, 5) is 0. The number of benzene rings is 1. The van der Waals surface area contributed by atoms with Gasteiger partial charge >= 0.3 is 0 Å². The molecule has 1 aromatic heterocycles. The van der Waals surface area contributed by atoms with Crippen molar-refractivity contribution in [2.75, 3.05) is 19.8 Å². The minimum Gasteiger partial charge on any atom is -0.315 e. The number of aryl methyl sites for hydroxylation is 1. The van der Waals surface area contributed by atoms with E-state index in [9.17, 15) is 4.39 Å². The highest BCUT2D eigenvalue weighted by atomic mass is 19.1. The molecule has 3 rings (SSSR count). The second-order valence-corrected chi connectivity index (χ2v) is 4.61. The monoisotopic (exact) mass is 245 g/mol. The molecule has 2 aromatic rings. The van der Waals surface area contributed by atoms with Crippen LogP contribution in [0.25, 0.3) is 11.3 Å². The lowest BCUT2D eigenvalue weighted by molar-refractivity contribution is 0.429. The molecular formula is C14H16FN3. The summed E-state index contributed by atoms with van der Waals surface area (Å²) >= 11 is 0. The predicted octanol–water partition coefficient (Wildman–Crippen LogP) is 2.21. The first-order valence-corrected chi connectivity index (χ1v) is 6.27. The maximum absolute atomic E-state index is 12.4. The smallest absolute Gasteiger partial charge is 0.109 e. The molecule has 0 spiro atoms. The molecule has 0 saturated carbocycles. The van der Waals surface area contributed by atoms with Crippen LogP contribution in [0.3, 0.4) is 0 Å². The summed E-state index contributed by atoms with van der Waals surface area (Å²) in [6, 6.07) is 10.4. The highest BCUT2D eigenvalue weighted by molar-refractivity contribution is 5.59. The zero-order valence-corrected chi connectivity index (χ0v) is 10.1. The summed E-state index contributed by atoms with van der Waals surface area (Å²) in [5.41, 5.74) is 3.44. The van der Waals surface area contributed by atoms with Crippen molar-refractivity contribution < 1.29 is 4.39 Å². The summed E-state index contributed by atoms with van der Waals surface area (Å²) in [6.07, 6.45) is 1.72. The summed E-state index contributed by atoms with van der Waals surface area (Å²) in [5, 5.41) is 7.41. The Hall–Kier alpha value is -1.68. The summed E-state index contributed by atoms with van der Waals surface area (Å²) < 4.78 is 14.1. The third kappa shape index (κ3) is 2.04. The van der Waals surface area contributed by atoms with Crippen LogP contribution in [0.4, 0.5) is 4.39 Å². The quantitative estimate of drug-likeness (QED) is 0.895. The topological polar surface area (TPSA) is 29.9 Å². The van der Waals surface area contributed by atoms with Crippen molar-refractivity contribution in [3.05, 3.63) is 42.1 Å². The minimum atomic E-state index is -0.388. The van der Waals surface area contributed by atoms with Crippen LogP contribution in [0.1, 0.15) is 11.5 Å². The lowest BCUT2D eigenvalue weighted by Gasteiger charge is -2.27. The first-order chi connectivity index (χ1) is 8.88. The van der Waals surface area contributed by atoms with Gasteiger partial charge < -0.3 is 5.32 Å². The van der Waals surface area contributed by atoms with Gasteiger partial charge in [-0.1, -0.05) is 24.3 Å². The van der Waals surface area contributed by atoms with Gasteiger partial charge in [-0.3, -0.25) is 4.68 Å². The molecule has 1 aliphatic rings. The number of hydrogen-bond donors (Lipinski definition) is 1. The highest BCUT2D eigenvalue weighted by Gasteiger charge is 2.18. The molecule has 1 N–H and O–H groups in total. The van der Waals surface area contributed by atoms with E-state index in [4.69, 9.17) is 0 Å². The van der Waals surface area contributed by atoms with Gasteiger partial charge in [0.2, 0.25) is 0 Å². The van der Waals surface area contributed by atoms with Gasteiger partial charge in [-0.05, 0) is 17.2 Å². The standard InChI is InChI=1S/C14H16FN3/c15-6-8-18-14(5-7-17-18)12-3-1-11(2-4-12)13-9-16-10-13/h1-5,7,13,16H,6,8-10H2. The predicted molar refractivity (Wildman–Crippen MR) is 69.2 cm³/mol. The lowest BCUT2D eigenvalue weighted by Crippen LogP contribution is -2.39. The number of rotatable bonds is 4. The number of nitrogens with one attached hydrogen (secondary N) is 1. The average Bonchev–Trinajstić information content (AvgIpc) is 2.77. The molecule has 1 saturated heterocycles. The Morgan fingerprint density at radius 1 is 1.22 bits per heavy atom. The molecule has 0 unspecified atom stereocenters. The van der Waals surface area contributed by atoms with Crippen molar-refractivity contribution in [2.24, 2.45) is 0 Å². The molecule has 0 amide bonds. The molecule has 4 heteroatoms. The fraction of sp³-hybridized carbons (Fsp3) is 0.357.